The first-order valence-electron chi connectivity index (χ1n) is 9.13. The van der Waals surface area contributed by atoms with Crippen LogP contribution in [0.25, 0.3) is 0 Å². The number of nitrogens with zero attached hydrogens (tertiary/aromatic N) is 2. The lowest BCUT2D eigenvalue weighted by Gasteiger charge is -2.11. The van der Waals surface area contributed by atoms with Crippen molar-refractivity contribution in [2.75, 3.05) is 19.7 Å². The average molecular weight is 484 g/mol. The molecule has 0 unspecified atom stereocenters. The second kappa shape index (κ2) is 13.2. The zero-order chi connectivity index (χ0) is 18.6. The Labute approximate surface area is 178 Å². The molecule has 2 rings (SSSR count). The molecule has 0 amide bonds. The van der Waals surface area contributed by atoms with Crippen molar-refractivity contribution in [1.82, 2.24) is 15.6 Å². The van der Waals surface area contributed by atoms with Gasteiger partial charge in [-0.05, 0) is 50.6 Å². The number of rotatable bonds is 9. The van der Waals surface area contributed by atoms with Crippen LogP contribution in [0.15, 0.2) is 47.6 Å². The van der Waals surface area contributed by atoms with Crippen LogP contribution in [-0.2, 0) is 6.54 Å². The average Bonchev–Trinajstić information content (AvgIpc) is 2.67. The van der Waals surface area contributed by atoms with E-state index < -0.39 is 0 Å². The van der Waals surface area contributed by atoms with Crippen LogP contribution in [0.5, 0.6) is 17.4 Å². The van der Waals surface area contributed by atoms with Crippen molar-refractivity contribution in [3.63, 3.8) is 0 Å². The first-order chi connectivity index (χ1) is 12.8. The second-order valence-electron chi connectivity index (χ2n) is 5.62. The van der Waals surface area contributed by atoms with Gasteiger partial charge < -0.3 is 20.1 Å². The molecule has 0 bridgehead atoms. The molecule has 0 radical (unpaired) electrons. The number of benzene rings is 1. The Hall–Kier alpha value is -2.03. The number of ether oxygens (including phenoxy) is 2. The normalized spacial score (nSPS) is 9.74. The highest BCUT2D eigenvalue weighted by molar-refractivity contribution is 14.0. The molecule has 1 heterocycles. The molecule has 7 heteroatoms. The molecular weight excluding hydrogens is 455 g/mol. The largest absolute Gasteiger partial charge is 0.494 e. The van der Waals surface area contributed by atoms with Crippen LogP contribution in [0.4, 0.5) is 0 Å². The molecule has 1 aromatic heterocycles. The monoisotopic (exact) mass is 484 g/mol. The number of nitrogens with one attached hydrogen (secondary N) is 2. The van der Waals surface area contributed by atoms with Crippen molar-refractivity contribution in [3.8, 4) is 17.4 Å². The molecule has 0 saturated carbocycles. The van der Waals surface area contributed by atoms with Crippen LogP contribution in [0.1, 0.15) is 32.8 Å². The standard InChI is InChI=1S/C20H28N4O2.HI/c1-4-14-25-17-9-11-18(12-10-17)26-19-16(8-7-13-23-19)15-24-20(21-5-2)22-6-3;/h7-13H,4-6,14-15H2,1-3H3,(H2,21,22,24);1H. The van der Waals surface area contributed by atoms with Gasteiger partial charge in [-0.25, -0.2) is 9.98 Å². The van der Waals surface area contributed by atoms with Crippen LogP contribution < -0.4 is 20.1 Å². The molecule has 0 atom stereocenters. The summed E-state index contributed by atoms with van der Waals surface area (Å²) >= 11 is 0. The molecule has 0 aliphatic carbocycles. The van der Waals surface area contributed by atoms with E-state index in [2.05, 4.69) is 27.5 Å². The minimum absolute atomic E-state index is 0. The van der Waals surface area contributed by atoms with Crippen molar-refractivity contribution < 1.29 is 9.47 Å². The Morgan fingerprint density at radius 1 is 1.00 bits per heavy atom. The summed E-state index contributed by atoms with van der Waals surface area (Å²) in [6.07, 6.45) is 2.70. The van der Waals surface area contributed by atoms with Gasteiger partial charge in [-0.3, -0.25) is 0 Å². The van der Waals surface area contributed by atoms with Gasteiger partial charge in [0.25, 0.3) is 0 Å². The molecule has 0 aliphatic heterocycles. The fourth-order valence-corrected chi connectivity index (χ4v) is 2.25. The molecule has 27 heavy (non-hydrogen) atoms. The van der Waals surface area contributed by atoms with Gasteiger partial charge in [0, 0.05) is 24.8 Å². The predicted octanol–water partition coefficient (Wildman–Crippen LogP) is 4.36. The van der Waals surface area contributed by atoms with E-state index in [1.54, 1.807) is 6.20 Å². The van der Waals surface area contributed by atoms with Crippen molar-refractivity contribution >= 4 is 29.9 Å². The van der Waals surface area contributed by atoms with E-state index in [9.17, 15) is 0 Å². The Bertz CT molecular complexity index is 685. The zero-order valence-electron chi connectivity index (χ0n) is 16.2. The highest BCUT2D eigenvalue weighted by atomic mass is 127. The summed E-state index contributed by atoms with van der Waals surface area (Å²) < 4.78 is 11.5. The minimum Gasteiger partial charge on any atom is -0.494 e. The van der Waals surface area contributed by atoms with Gasteiger partial charge >= 0.3 is 0 Å². The molecule has 0 saturated heterocycles. The van der Waals surface area contributed by atoms with Gasteiger partial charge in [0.05, 0.1) is 13.2 Å². The van der Waals surface area contributed by atoms with Gasteiger partial charge in [0.2, 0.25) is 5.88 Å². The SMILES string of the molecule is CCCOc1ccc(Oc2ncccc2CN=C(NCC)NCC)cc1.I. The van der Waals surface area contributed by atoms with Gasteiger partial charge in [0.15, 0.2) is 5.96 Å². The minimum atomic E-state index is 0. The lowest BCUT2D eigenvalue weighted by Crippen LogP contribution is -2.36. The topological polar surface area (TPSA) is 67.8 Å². The molecule has 2 aromatic rings. The maximum Gasteiger partial charge on any atom is 0.224 e. The second-order valence-corrected chi connectivity index (χ2v) is 5.62. The van der Waals surface area contributed by atoms with E-state index in [1.165, 1.54) is 0 Å². The van der Waals surface area contributed by atoms with Crippen LogP contribution in [0.3, 0.4) is 0 Å². The smallest absolute Gasteiger partial charge is 0.224 e. The Balaban J connectivity index is 0.00000364. The molecule has 0 spiro atoms. The zero-order valence-corrected chi connectivity index (χ0v) is 18.5. The predicted molar refractivity (Wildman–Crippen MR) is 120 cm³/mol. The van der Waals surface area contributed by atoms with Crippen LogP contribution in [-0.4, -0.2) is 30.6 Å². The maximum absolute atomic E-state index is 5.94. The van der Waals surface area contributed by atoms with E-state index in [-0.39, 0.29) is 24.0 Å². The van der Waals surface area contributed by atoms with Crippen molar-refractivity contribution in [3.05, 3.63) is 48.2 Å². The number of aromatic nitrogens is 1. The summed E-state index contributed by atoms with van der Waals surface area (Å²) in [4.78, 5) is 8.93. The molecule has 148 valence electrons. The molecule has 6 nitrogen and oxygen atoms in total. The Kier molecular flexibility index (Phi) is 11.2. The van der Waals surface area contributed by atoms with Crippen molar-refractivity contribution in [1.29, 1.82) is 0 Å². The third-order valence-corrected chi connectivity index (χ3v) is 3.46. The maximum atomic E-state index is 5.94. The Morgan fingerprint density at radius 3 is 2.30 bits per heavy atom. The number of pyridine rings is 1. The summed E-state index contributed by atoms with van der Waals surface area (Å²) in [7, 11) is 0. The van der Waals surface area contributed by atoms with Gasteiger partial charge in [-0.15, -0.1) is 24.0 Å². The number of hydrogen-bond acceptors (Lipinski definition) is 4. The van der Waals surface area contributed by atoms with Gasteiger partial charge in [-0.2, -0.15) is 0 Å². The quantitative estimate of drug-likeness (QED) is 0.315. The summed E-state index contributed by atoms with van der Waals surface area (Å²) in [5, 5.41) is 6.42. The lowest BCUT2D eigenvalue weighted by molar-refractivity contribution is 0.317. The van der Waals surface area contributed by atoms with E-state index in [0.29, 0.717) is 19.0 Å². The number of hydrogen-bond donors (Lipinski definition) is 2. The number of aliphatic imine (C=N–C) groups is 1. The fraction of sp³-hybridized carbons (Fsp3) is 0.400. The number of halogens is 1. The first kappa shape index (κ1) is 23.0. The van der Waals surface area contributed by atoms with Crippen LogP contribution in [0, 0.1) is 0 Å². The molecule has 0 fully saturated rings. The van der Waals surface area contributed by atoms with Crippen molar-refractivity contribution in [2.45, 2.75) is 33.7 Å². The van der Waals surface area contributed by atoms with Crippen LogP contribution >= 0.6 is 24.0 Å². The third-order valence-electron chi connectivity index (χ3n) is 3.46. The van der Waals surface area contributed by atoms with Crippen molar-refractivity contribution in [2.24, 2.45) is 4.99 Å². The lowest BCUT2D eigenvalue weighted by atomic mass is 10.2. The van der Waals surface area contributed by atoms with E-state index in [4.69, 9.17) is 9.47 Å². The summed E-state index contributed by atoms with van der Waals surface area (Å²) in [6.45, 7) is 8.99. The van der Waals surface area contributed by atoms with E-state index in [0.717, 1.165) is 42.5 Å². The third kappa shape index (κ3) is 8.03. The van der Waals surface area contributed by atoms with Gasteiger partial charge in [0.1, 0.15) is 11.5 Å². The summed E-state index contributed by atoms with van der Waals surface area (Å²) in [5.74, 6) is 2.90. The summed E-state index contributed by atoms with van der Waals surface area (Å²) in [5.41, 5.74) is 0.923. The first-order valence-corrected chi connectivity index (χ1v) is 9.13. The van der Waals surface area contributed by atoms with E-state index >= 15 is 0 Å². The molecular formula is C20H29IN4O2. The number of guanidine groups is 1. The fourth-order valence-electron chi connectivity index (χ4n) is 2.25. The van der Waals surface area contributed by atoms with E-state index in [1.807, 2.05) is 50.2 Å². The van der Waals surface area contributed by atoms with Crippen LogP contribution in [0.2, 0.25) is 0 Å². The van der Waals surface area contributed by atoms with Gasteiger partial charge in [-0.1, -0.05) is 13.0 Å². The highest BCUT2D eigenvalue weighted by Crippen LogP contribution is 2.25. The molecule has 0 aliphatic rings. The molecule has 1 aromatic carbocycles. The highest BCUT2D eigenvalue weighted by Gasteiger charge is 2.07. The molecule has 2 N–H and O–H groups in total. The summed E-state index contributed by atoms with van der Waals surface area (Å²) in [6, 6.07) is 11.4. The Morgan fingerprint density at radius 2 is 1.67 bits per heavy atom.